The Balaban J connectivity index is 1.92. The minimum absolute atomic E-state index is 0.635. The molecule has 18 heavy (non-hydrogen) atoms. The van der Waals surface area contributed by atoms with Gasteiger partial charge in [0.1, 0.15) is 11.6 Å². The Kier molecular flexibility index (Phi) is 4.39. The number of nitrogens with one attached hydrogen (secondary N) is 1. The van der Waals surface area contributed by atoms with E-state index in [0.29, 0.717) is 12.5 Å². The summed E-state index contributed by atoms with van der Waals surface area (Å²) < 4.78 is 5.43. The van der Waals surface area contributed by atoms with Crippen molar-refractivity contribution in [3.05, 3.63) is 11.9 Å². The van der Waals surface area contributed by atoms with Crippen LogP contribution in [0.15, 0.2) is 6.07 Å². The minimum Gasteiger partial charge on any atom is -0.478 e. The lowest BCUT2D eigenvalue weighted by Crippen LogP contribution is -2.13. The molecule has 2 unspecified atom stereocenters. The second-order valence-electron chi connectivity index (χ2n) is 5.24. The number of ether oxygens (including phenoxy) is 1. The van der Waals surface area contributed by atoms with Crippen molar-refractivity contribution in [1.82, 2.24) is 9.97 Å². The van der Waals surface area contributed by atoms with Gasteiger partial charge in [-0.1, -0.05) is 13.3 Å². The average Bonchev–Trinajstić information content (AvgIpc) is 2.72. The van der Waals surface area contributed by atoms with Gasteiger partial charge < -0.3 is 10.1 Å². The van der Waals surface area contributed by atoms with Gasteiger partial charge in [-0.3, -0.25) is 0 Å². The summed E-state index contributed by atoms with van der Waals surface area (Å²) in [5.41, 5.74) is 0. The van der Waals surface area contributed by atoms with E-state index in [4.69, 9.17) is 4.74 Å². The molecular weight excluding hydrogens is 226 g/mol. The first-order valence-corrected chi connectivity index (χ1v) is 6.89. The lowest BCUT2D eigenvalue weighted by Gasteiger charge is -2.12. The highest BCUT2D eigenvalue weighted by atomic mass is 16.5. The average molecular weight is 249 g/mol. The summed E-state index contributed by atoms with van der Waals surface area (Å²) in [6, 6.07) is 1.88. The molecule has 1 aromatic heterocycles. The van der Waals surface area contributed by atoms with Gasteiger partial charge in [0.15, 0.2) is 0 Å². The predicted molar refractivity (Wildman–Crippen MR) is 72.9 cm³/mol. The molecule has 0 saturated heterocycles. The molecular formula is C14H23N3O. The zero-order chi connectivity index (χ0) is 13.0. The smallest absolute Gasteiger partial charge is 0.218 e. The van der Waals surface area contributed by atoms with Gasteiger partial charge in [0.2, 0.25) is 5.88 Å². The van der Waals surface area contributed by atoms with E-state index < -0.39 is 0 Å². The van der Waals surface area contributed by atoms with Crippen molar-refractivity contribution >= 4 is 5.82 Å². The molecule has 4 heteroatoms. The molecule has 1 fully saturated rings. The molecule has 2 atom stereocenters. The van der Waals surface area contributed by atoms with E-state index in [9.17, 15) is 0 Å². The summed E-state index contributed by atoms with van der Waals surface area (Å²) in [4.78, 5) is 8.64. The maximum Gasteiger partial charge on any atom is 0.218 e. The molecule has 1 heterocycles. The molecule has 2 rings (SSSR count). The molecule has 100 valence electrons. The van der Waals surface area contributed by atoms with Crippen LogP contribution in [0, 0.1) is 18.8 Å². The van der Waals surface area contributed by atoms with Crippen molar-refractivity contribution in [2.45, 2.75) is 40.0 Å². The number of hydrogen-bond donors (Lipinski definition) is 1. The molecule has 1 aromatic rings. The van der Waals surface area contributed by atoms with E-state index >= 15 is 0 Å². The summed E-state index contributed by atoms with van der Waals surface area (Å²) in [5.74, 6) is 3.95. The zero-order valence-electron chi connectivity index (χ0n) is 11.6. The first-order valence-electron chi connectivity index (χ1n) is 6.89. The van der Waals surface area contributed by atoms with Gasteiger partial charge >= 0.3 is 0 Å². The third-order valence-corrected chi connectivity index (χ3v) is 3.48. The van der Waals surface area contributed by atoms with Crippen molar-refractivity contribution in [1.29, 1.82) is 0 Å². The Morgan fingerprint density at radius 2 is 2.22 bits per heavy atom. The fourth-order valence-corrected chi connectivity index (χ4v) is 2.61. The van der Waals surface area contributed by atoms with Gasteiger partial charge in [-0.25, -0.2) is 4.98 Å². The van der Waals surface area contributed by atoms with Gasteiger partial charge in [0.25, 0.3) is 0 Å². The fraction of sp³-hybridized carbons (Fsp3) is 0.714. The van der Waals surface area contributed by atoms with E-state index in [0.717, 1.165) is 30.0 Å². The number of aryl methyl sites for hydroxylation is 1. The second kappa shape index (κ2) is 6.03. The van der Waals surface area contributed by atoms with E-state index in [1.54, 1.807) is 0 Å². The summed E-state index contributed by atoms with van der Waals surface area (Å²) in [5, 5.41) is 3.42. The molecule has 0 bridgehead atoms. The fourth-order valence-electron chi connectivity index (χ4n) is 2.61. The number of anilines is 1. The van der Waals surface area contributed by atoms with Gasteiger partial charge in [-0.15, -0.1) is 0 Å². The molecule has 0 spiro atoms. The highest BCUT2D eigenvalue weighted by molar-refractivity contribution is 5.38. The molecule has 0 amide bonds. The zero-order valence-corrected chi connectivity index (χ0v) is 11.6. The molecule has 1 aliphatic rings. The van der Waals surface area contributed by atoms with Gasteiger partial charge in [0, 0.05) is 12.6 Å². The number of hydrogen-bond acceptors (Lipinski definition) is 4. The quantitative estimate of drug-likeness (QED) is 0.871. The maximum absolute atomic E-state index is 5.43. The Labute approximate surface area is 109 Å². The van der Waals surface area contributed by atoms with Crippen LogP contribution in [0.4, 0.5) is 5.82 Å². The van der Waals surface area contributed by atoms with E-state index in [-0.39, 0.29) is 0 Å². The molecule has 0 aliphatic heterocycles. The van der Waals surface area contributed by atoms with Crippen LogP contribution in [0.25, 0.3) is 0 Å². The summed E-state index contributed by atoms with van der Waals surface area (Å²) in [6.45, 7) is 7.83. The van der Waals surface area contributed by atoms with E-state index in [1.165, 1.54) is 19.3 Å². The summed E-state index contributed by atoms with van der Waals surface area (Å²) in [7, 11) is 0. The van der Waals surface area contributed by atoms with Gasteiger partial charge in [0.05, 0.1) is 6.61 Å². The lowest BCUT2D eigenvalue weighted by molar-refractivity contribution is 0.325. The summed E-state index contributed by atoms with van der Waals surface area (Å²) >= 11 is 0. The van der Waals surface area contributed by atoms with Crippen LogP contribution in [0.2, 0.25) is 0 Å². The second-order valence-corrected chi connectivity index (χ2v) is 5.24. The molecule has 0 aromatic carbocycles. The summed E-state index contributed by atoms with van der Waals surface area (Å²) in [6.07, 6.45) is 4.02. The van der Waals surface area contributed by atoms with Crippen LogP contribution in [-0.4, -0.2) is 23.1 Å². The third kappa shape index (κ3) is 3.59. The Hall–Kier alpha value is -1.32. The van der Waals surface area contributed by atoms with Crippen molar-refractivity contribution in [3.63, 3.8) is 0 Å². The van der Waals surface area contributed by atoms with E-state index in [2.05, 4.69) is 22.2 Å². The SMILES string of the molecule is CCOc1cc(NCC2CCC(C)C2)nc(C)n1. The first kappa shape index (κ1) is 13.1. The Bertz CT molecular complexity index is 395. The van der Waals surface area contributed by atoms with Crippen LogP contribution < -0.4 is 10.1 Å². The van der Waals surface area contributed by atoms with Crippen molar-refractivity contribution < 1.29 is 4.74 Å². The Morgan fingerprint density at radius 1 is 1.39 bits per heavy atom. The maximum atomic E-state index is 5.43. The molecule has 1 aliphatic carbocycles. The van der Waals surface area contributed by atoms with Gasteiger partial charge in [-0.2, -0.15) is 4.98 Å². The van der Waals surface area contributed by atoms with Crippen molar-refractivity contribution in [2.75, 3.05) is 18.5 Å². The molecule has 1 N–H and O–H groups in total. The molecule has 0 radical (unpaired) electrons. The van der Waals surface area contributed by atoms with E-state index in [1.807, 2.05) is 19.9 Å². The third-order valence-electron chi connectivity index (χ3n) is 3.48. The normalized spacial score (nSPS) is 23.1. The molecule has 1 saturated carbocycles. The minimum atomic E-state index is 0.635. The molecule has 4 nitrogen and oxygen atoms in total. The number of rotatable bonds is 5. The number of aromatic nitrogens is 2. The van der Waals surface area contributed by atoms with Crippen LogP contribution >= 0.6 is 0 Å². The first-order chi connectivity index (χ1) is 8.67. The topological polar surface area (TPSA) is 47.0 Å². The largest absolute Gasteiger partial charge is 0.478 e. The van der Waals surface area contributed by atoms with Crippen molar-refractivity contribution in [2.24, 2.45) is 11.8 Å². The predicted octanol–water partition coefficient (Wildman–Crippen LogP) is 3.03. The lowest BCUT2D eigenvalue weighted by atomic mass is 10.1. The Morgan fingerprint density at radius 3 is 2.89 bits per heavy atom. The van der Waals surface area contributed by atoms with Gasteiger partial charge in [-0.05, 0) is 38.5 Å². The van der Waals surface area contributed by atoms with Crippen molar-refractivity contribution in [3.8, 4) is 5.88 Å². The van der Waals surface area contributed by atoms with Crippen LogP contribution in [0.5, 0.6) is 5.88 Å². The number of nitrogens with zero attached hydrogens (tertiary/aromatic N) is 2. The monoisotopic (exact) mass is 249 g/mol. The van der Waals surface area contributed by atoms with Crippen LogP contribution in [0.1, 0.15) is 38.9 Å². The highest BCUT2D eigenvalue weighted by Gasteiger charge is 2.21. The van der Waals surface area contributed by atoms with Crippen LogP contribution in [-0.2, 0) is 0 Å². The highest BCUT2D eigenvalue weighted by Crippen LogP contribution is 2.30. The standard InChI is InChI=1S/C14H23N3O/c1-4-18-14-8-13(16-11(3)17-14)15-9-12-6-5-10(2)7-12/h8,10,12H,4-7,9H2,1-3H3,(H,15,16,17). The van der Waals surface area contributed by atoms with Crippen LogP contribution in [0.3, 0.4) is 0 Å².